The van der Waals surface area contributed by atoms with Crippen LogP contribution in [0.25, 0.3) is 0 Å². The molecule has 3 nitrogen and oxygen atoms in total. The van der Waals surface area contributed by atoms with Gasteiger partial charge in [0.05, 0.1) is 0 Å². The smallest absolute Gasteiger partial charge is 2.00 e. The fourth-order valence-corrected chi connectivity index (χ4v) is 0. The van der Waals surface area contributed by atoms with Crippen molar-refractivity contribution in [2.45, 2.75) is 0 Å². The van der Waals surface area contributed by atoms with Crippen molar-refractivity contribution in [3.8, 4) is 0 Å². The molecule has 0 radical (unpaired) electrons. The monoisotopic (exact) mass is 242 g/mol. The van der Waals surface area contributed by atoms with Crippen molar-refractivity contribution in [2.24, 2.45) is 0 Å². The molecule has 0 fully saturated rings. The number of hydrogen-bond donors (Lipinski definition) is 0. The molecule has 0 saturated heterocycles. The Morgan fingerprint density at radius 1 is 0.750 bits per heavy atom. The van der Waals surface area contributed by atoms with E-state index >= 15 is 0 Å². The molecule has 0 aliphatic heterocycles. The van der Waals surface area contributed by atoms with Gasteiger partial charge in [0.25, 0.3) is 0 Å². The molecule has 4 heavy (non-hydrogen) atoms. The van der Waals surface area contributed by atoms with Gasteiger partial charge < -0.3 is 16.4 Å². The molecule has 0 saturated carbocycles. The van der Waals surface area contributed by atoms with Crippen molar-refractivity contribution < 1.29 is 36.2 Å². The van der Waals surface area contributed by atoms with Gasteiger partial charge in [-0.05, 0) is 0 Å². The molecule has 0 unspecified atom stereocenters. The summed E-state index contributed by atoms with van der Waals surface area (Å²) in [5, 5.41) is 0. The van der Waals surface area contributed by atoms with E-state index in [1.54, 1.807) is 0 Å². The largest absolute Gasteiger partial charge is 4.00 e. The second kappa shape index (κ2) is 83.5. The molecule has 0 heterocycles. The first kappa shape index (κ1) is 209. The first-order chi connectivity index (χ1) is 0. The summed E-state index contributed by atoms with van der Waals surface area (Å²) in [4.78, 5) is 0. The molecular weight excluding hydrogens is 238 g/mol. The topological polar surface area (TPSA) is 88.5 Å². The van der Waals surface area contributed by atoms with Crippen molar-refractivity contribution in [2.75, 3.05) is 0 Å². The fourth-order valence-electron chi connectivity index (χ4n) is 0. The van der Waals surface area contributed by atoms with Gasteiger partial charge in [-0.2, -0.15) is 0 Å². The van der Waals surface area contributed by atoms with Gasteiger partial charge in [0.15, 0.2) is 0 Å². The molecular formula is H2O3Os. The van der Waals surface area contributed by atoms with Crippen LogP contribution in [0.1, 0.15) is 0 Å². The zero-order valence-corrected chi connectivity index (χ0v) is 4.21. The second-order valence-electron chi connectivity index (χ2n) is 0. The van der Waals surface area contributed by atoms with E-state index in [0.717, 1.165) is 0 Å². The van der Waals surface area contributed by atoms with Crippen LogP contribution >= 0.6 is 0 Å². The first-order valence-electron chi connectivity index (χ1n) is 0. The van der Waals surface area contributed by atoms with Crippen LogP contribution in [0.3, 0.4) is 0 Å². The third-order valence-corrected chi connectivity index (χ3v) is 0. The minimum absolute atomic E-state index is 0. The molecule has 4 heteroatoms. The van der Waals surface area contributed by atoms with Gasteiger partial charge in [0.1, 0.15) is 0 Å². The molecule has 0 atom stereocenters. The Kier molecular flexibility index (Phi) is 4370. The maximum absolute atomic E-state index is 0. The standard InChI is InChI=1S/H2O.2O.Os/h1H2;;;/q;2*-2;+4. The molecule has 0 aliphatic rings. The molecule has 0 aromatic carbocycles. The zero-order valence-electron chi connectivity index (χ0n) is 1.67. The third kappa shape index (κ3) is 21.7. The molecule has 0 aromatic heterocycles. The number of hydrogen-bond acceptors (Lipinski definition) is 0. The molecule has 0 spiro atoms. The van der Waals surface area contributed by atoms with E-state index in [2.05, 4.69) is 0 Å². The van der Waals surface area contributed by atoms with Gasteiger partial charge in [-0.1, -0.05) is 0 Å². The van der Waals surface area contributed by atoms with Crippen LogP contribution in [0.4, 0.5) is 0 Å². The average molecular weight is 240 g/mol. The zero-order chi connectivity index (χ0) is 0. The van der Waals surface area contributed by atoms with Gasteiger partial charge in [-0.25, -0.2) is 0 Å². The maximum Gasteiger partial charge on any atom is 4.00 e. The van der Waals surface area contributed by atoms with Crippen LogP contribution < -0.4 is 0 Å². The first-order valence-corrected chi connectivity index (χ1v) is 0. The summed E-state index contributed by atoms with van der Waals surface area (Å²) < 4.78 is 0. The summed E-state index contributed by atoms with van der Waals surface area (Å²) in [6.45, 7) is 0. The summed E-state index contributed by atoms with van der Waals surface area (Å²) in [5.41, 5.74) is 0. The van der Waals surface area contributed by atoms with Crippen molar-refractivity contribution in [3.05, 3.63) is 0 Å². The molecule has 0 aromatic rings. The Bertz CT molecular complexity index is 3.25. The molecule has 0 bridgehead atoms. The van der Waals surface area contributed by atoms with E-state index in [4.69, 9.17) is 0 Å². The van der Waals surface area contributed by atoms with E-state index in [1.165, 1.54) is 0 Å². The number of rotatable bonds is 0. The van der Waals surface area contributed by atoms with Gasteiger partial charge in [0, 0.05) is 0 Å². The van der Waals surface area contributed by atoms with Crippen molar-refractivity contribution in [1.29, 1.82) is 0 Å². The van der Waals surface area contributed by atoms with Crippen molar-refractivity contribution in [3.63, 3.8) is 0 Å². The van der Waals surface area contributed by atoms with E-state index in [0.29, 0.717) is 0 Å². The summed E-state index contributed by atoms with van der Waals surface area (Å²) in [5.74, 6) is 0. The Labute approximate surface area is 37.0 Å². The summed E-state index contributed by atoms with van der Waals surface area (Å²) in [6.07, 6.45) is 0. The quantitative estimate of drug-likeness (QED) is 0.516. The Hall–Kier alpha value is 0.516. The Morgan fingerprint density at radius 2 is 0.750 bits per heavy atom. The summed E-state index contributed by atoms with van der Waals surface area (Å²) in [7, 11) is 0. The molecule has 2 N–H and O–H groups in total. The normalized spacial score (nSPS) is 0. The van der Waals surface area contributed by atoms with Gasteiger partial charge in [-0.3, -0.25) is 0 Å². The van der Waals surface area contributed by atoms with Crippen LogP contribution in [0.2, 0.25) is 0 Å². The van der Waals surface area contributed by atoms with E-state index < -0.39 is 0 Å². The van der Waals surface area contributed by atoms with Crippen LogP contribution in [0, 0.1) is 0 Å². The van der Waals surface area contributed by atoms with E-state index in [1.807, 2.05) is 0 Å². The Morgan fingerprint density at radius 3 is 0.750 bits per heavy atom. The van der Waals surface area contributed by atoms with Crippen LogP contribution in [-0.2, 0) is 30.7 Å². The second-order valence-corrected chi connectivity index (χ2v) is 0. The van der Waals surface area contributed by atoms with Crippen LogP contribution in [0.15, 0.2) is 0 Å². The Balaban J connectivity index is 0. The third-order valence-electron chi connectivity index (χ3n) is 0. The molecule has 28 valence electrons. The van der Waals surface area contributed by atoms with Crippen molar-refractivity contribution >= 4 is 0 Å². The summed E-state index contributed by atoms with van der Waals surface area (Å²) in [6, 6.07) is 0. The average Bonchev–Trinajstić information content (AvgIpc) is 0. The predicted molar refractivity (Wildman–Crippen MR) is 4.99 cm³/mol. The van der Waals surface area contributed by atoms with E-state index in [9.17, 15) is 0 Å². The van der Waals surface area contributed by atoms with Crippen LogP contribution in [0.5, 0.6) is 0 Å². The fraction of sp³-hybridized carbons (Fsp3) is 0. The van der Waals surface area contributed by atoms with E-state index in [-0.39, 0.29) is 36.2 Å². The van der Waals surface area contributed by atoms with Gasteiger partial charge in [0.2, 0.25) is 0 Å². The molecule has 0 aliphatic carbocycles. The van der Waals surface area contributed by atoms with Gasteiger partial charge in [-0.15, -0.1) is 0 Å². The van der Waals surface area contributed by atoms with Crippen molar-refractivity contribution in [1.82, 2.24) is 0 Å². The molecule has 0 rings (SSSR count). The molecule has 0 amide bonds. The maximum atomic E-state index is 0. The minimum Gasteiger partial charge on any atom is -2.00 e. The van der Waals surface area contributed by atoms with Gasteiger partial charge >= 0.3 is 19.8 Å². The minimum atomic E-state index is 0. The SMILES string of the molecule is O.[O-2].[O-2].[Os+4]. The predicted octanol–water partition coefficient (Wildman–Crippen LogP) is -1.06. The summed E-state index contributed by atoms with van der Waals surface area (Å²) >= 11 is 0. The van der Waals surface area contributed by atoms with Crippen LogP contribution in [-0.4, -0.2) is 5.48 Å².